The van der Waals surface area contributed by atoms with Gasteiger partial charge in [0.15, 0.2) is 0 Å². The van der Waals surface area contributed by atoms with Gasteiger partial charge < -0.3 is 10.1 Å². The number of methoxy groups -OCH3 is 1. The van der Waals surface area contributed by atoms with E-state index < -0.39 is 0 Å². The lowest BCUT2D eigenvalue weighted by molar-refractivity contribution is 0.395. The van der Waals surface area contributed by atoms with Crippen molar-refractivity contribution in [2.45, 2.75) is 12.5 Å². The van der Waals surface area contributed by atoms with Crippen molar-refractivity contribution < 1.29 is 9.13 Å². The Balaban J connectivity index is 2.26. The summed E-state index contributed by atoms with van der Waals surface area (Å²) in [4.78, 5) is 8.18. The average molecular weight is 340 g/mol. The van der Waals surface area contributed by atoms with Gasteiger partial charge in [-0.2, -0.15) is 0 Å². The molecule has 4 nitrogen and oxygen atoms in total. The molecule has 1 heterocycles. The third kappa shape index (κ3) is 3.52. The molecule has 20 heavy (non-hydrogen) atoms. The first-order valence-electron chi connectivity index (χ1n) is 6.11. The topological polar surface area (TPSA) is 47.0 Å². The molecule has 2 rings (SSSR count). The van der Waals surface area contributed by atoms with Gasteiger partial charge >= 0.3 is 0 Å². The van der Waals surface area contributed by atoms with Gasteiger partial charge in [-0.3, -0.25) is 0 Å². The molecule has 1 unspecified atom stereocenters. The highest BCUT2D eigenvalue weighted by Gasteiger charge is 2.15. The SMILES string of the molecule is CNC(Cc1cc(OC)ncn1)c1cc(F)ccc1Br. The number of nitrogens with one attached hydrogen (secondary N) is 1. The van der Waals surface area contributed by atoms with E-state index in [1.54, 1.807) is 19.2 Å². The Kier molecular flexibility index (Phi) is 5.03. The number of hydrogen-bond donors (Lipinski definition) is 1. The molecule has 6 heteroatoms. The van der Waals surface area contributed by atoms with E-state index in [0.717, 1.165) is 15.7 Å². The third-order valence-corrected chi connectivity index (χ3v) is 3.73. The predicted octanol–water partition coefficient (Wildman–Crippen LogP) is 2.89. The van der Waals surface area contributed by atoms with E-state index in [0.29, 0.717) is 12.3 Å². The van der Waals surface area contributed by atoms with Crippen LogP contribution in [-0.4, -0.2) is 24.1 Å². The van der Waals surface area contributed by atoms with Crippen molar-refractivity contribution in [3.05, 3.63) is 52.1 Å². The van der Waals surface area contributed by atoms with Crippen molar-refractivity contribution in [2.24, 2.45) is 0 Å². The summed E-state index contributed by atoms with van der Waals surface area (Å²) in [6.45, 7) is 0. The van der Waals surface area contributed by atoms with Crippen LogP contribution in [0.25, 0.3) is 0 Å². The molecule has 0 fully saturated rings. The molecule has 0 saturated heterocycles. The van der Waals surface area contributed by atoms with Crippen LogP contribution in [0.4, 0.5) is 4.39 Å². The lowest BCUT2D eigenvalue weighted by atomic mass is 10.0. The van der Waals surface area contributed by atoms with Crippen LogP contribution in [0.5, 0.6) is 5.88 Å². The molecule has 1 atom stereocenters. The highest BCUT2D eigenvalue weighted by atomic mass is 79.9. The van der Waals surface area contributed by atoms with Gasteiger partial charge in [0.2, 0.25) is 5.88 Å². The molecule has 0 amide bonds. The number of benzene rings is 1. The Morgan fingerprint density at radius 1 is 1.35 bits per heavy atom. The van der Waals surface area contributed by atoms with E-state index in [9.17, 15) is 4.39 Å². The number of aromatic nitrogens is 2. The third-order valence-electron chi connectivity index (χ3n) is 3.00. The van der Waals surface area contributed by atoms with Crippen LogP contribution < -0.4 is 10.1 Å². The highest BCUT2D eigenvalue weighted by molar-refractivity contribution is 9.10. The standard InChI is InChI=1S/C14H15BrFN3O/c1-17-13(11-5-9(16)3-4-12(11)15)6-10-7-14(20-2)19-8-18-10/h3-5,7-8,13,17H,6H2,1-2H3. The van der Waals surface area contributed by atoms with Gasteiger partial charge in [-0.15, -0.1) is 0 Å². The zero-order valence-corrected chi connectivity index (χ0v) is 12.8. The summed E-state index contributed by atoms with van der Waals surface area (Å²) < 4.78 is 19.3. The summed E-state index contributed by atoms with van der Waals surface area (Å²) >= 11 is 3.45. The van der Waals surface area contributed by atoms with Crippen LogP contribution in [0.15, 0.2) is 35.1 Å². The van der Waals surface area contributed by atoms with Crippen molar-refractivity contribution in [3.63, 3.8) is 0 Å². The minimum Gasteiger partial charge on any atom is -0.481 e. The summed E-state index contributed by atoms with van der Waals surface area (Å²) in [5, 5.41) is 3.17. The van der Waals surface area contributed by atoms with Crippen molar-refractivity contribution in [1.29, 1.82) is 0 Å². The van der Waals surface area contributed by atoms with E-state index in [-0.39, 0.29) is 11.9 Å². The van der Waals surface area contributed by atoms with E-state index in [1.165, 1.54) is 18.5 Å². The van der Waals surface area contributed by atoms with Crippen molar-refractivity contribution >= 4 is 15.9 Å². The summed E-state index contributed by atoms with van der Waals surface area (Å²) in [6.07, 6.45) is 2.07. The van der Waals surface area contributed by atoms with Crippen molar-refractivity contribution in [3.8, 4) is 5.88 Å². The number of halogens is 2. The van der Waals surface area contributed by atoms with Crippen molar-refractivity contribution in [2.75, 3.05) is 14.2 Å². The largest absolute Gasteiger partial charge is 0.481 e. The number of rotatable bonds is 5. The lowest BCUT2D eigenvalue weighted by Gasteiger charge is -2.18. The fraction of sp³-hybridized carbons (Fsp3) is 0.286. The van der Waals surface area contributed by atoms with Crippen LogP contribution in [-0.2, 0) is 6.42 Å². The second-order valence-corrected chi connectivity index (χ2v) is 5.12. The molecule has 0 radical (unpaired) electrons. The molecule has 0 aliphatic carbocycles. The zero-order valence-electron chi connectivity index (χ0n) is 11.2. The molecular formula is C14H15BrFN3O. The fourth-order valence-electron chi connectivity index (χ4n) is 1.96. The van der Waals surface area contributed by atoms with Gasteiger partial charge in [-0.25, -0.2) is 14.4 Å². The first kappa shape index (κ1) is 14.9. The Hall–Kier alpha value is -1.53. The Morgan fingerprint density at radius 3 is 2.85 bits per heavy atom. The molecular weight excluding hydrogens is 325 g/mol. The van der Waals surface area contributed by atoms with Crippen LogP contribution >= 0.6 is 15.9 Å². The second kappa shape index (κ2) is 6.76. The Labute approximate surface area is 125 Å². The number of ether oxygens (including phenoxy) is 1. The van der Waals surface area contributed by atoms with Gasteiger partial charge in [0.1, 0.15) is 12.1 Å². The highest BCUT2D eigenvalue weighted by Crippen LogP contribution is 2.26. The Bertz CT molecular complexity index is 594. The smallest absolute Gasteiger partial charge is 0.216 e. The van der Waals surface area contributed by atoms with Gasteiger partial charge in [0.25, 0.3) is 0 Å². The van der Waals surface area contributed by atoms with E-state index in [1.807, 2.05) is 7.05 Å². The lowest BCUT2D eigenvalue weighted by Crippen LogP contribution is -2.20. The normalized spacial score (nSPS) is 12.2. The fourth-order valence-corrected chi connectivity index (χ4v) is 2.48. The molecule has 0 bridgehead atoms. The molecule has 0 spiro atoms. The van der Waals surface area contributed by atoms with Crippen LogP contribution in [0, 0.1) is 5.82 Å². The predicted molar refractivity (Wildman–Crippen MR) is 78.2 cm³/mol. The van der Waals surface area contributed by atoms with Gasteiger partial charge in [0.05, 0.1) is 7.11 Å². The summed E-state index contributed by atoms with van der Waals surface area (Å²) in [7, 11) is 3.39. The van der Waals surface area contributed by atoms with Gasteiger partial charge in [-0.1, -0.05) is 15.9 Å². The number of hydrogen-bond acceptors (Lipinski definition) is 4. The first-order valence-corrected chi connectivity index (χ1v) is 6.90. The molecule has 1 N–H and O–H groups in total. The number of likely N-dealkylation sites (N-methyl/N-ethyl adjacent to an activating group) is 1. The molecule has 0 aliphatic heterocycles. The zero-order chi connectivity index (χ0) is 14.5. The molecule has 1 aromatic carbocycles. The number of nitrogens with zero attached hydrogens (tertiary/aromatic N) is 2. The van der Waals surface area contributed by atoms with Crippen LogP contribution in [0.1, 0.15) is 17.3 Å². The maximum Gasteiger partial charge on any atom is 0.216 e. The quantitative estimate of drug-likeness (QED) is 0.909. The molecule has 106 valence electrons. The van der Waals surface area contributed by atoms with E-state index in [2.05, 4.69) is 31.2 Å². The summed E-state index contributed by atoms with van der Waals surface area (Å²) in [5.41, 5.74) is 1.68. The minimum absolute atomic E-state index is 0.0559. The molecule has 2 aromatic rings. The molecule has 0 saturated carbocycles. The summed E-state index contributed by atoms with van der Waals surface area (Å²) in [5.74, 6) is 0.256. The summed E-state index contributed by atoms with van der Waals surface area (Å²) in [6, 6.07) is 6.37. The maximum absolute atomic E-state index is 13.4. The average Bonchev–Trinajstić information content (AvgIpc) is 2.47. The van der Waals surface area contributed by atoms with E-state index in [4.69, 9.17) is 4.74 Å². The second-order valence-electron chi connectivity index (χ2n) is 4.26. The first-order chi connectivity index (χ1) is 9.63. The minimum atomic E-state index is -0.260. The molecule has 0 aliphatic rings. The molecule has 1 aromatic heterocycles. The van der Waals surface area contributed by atoms with Gasteiger partial charge in [0, 0.05) is 28.7 Å². The Morgan fingerprint density at radius 2 is 2.15 bits per heavy atom. The van der Waals surface area contributed by atoms with Crippen LogP contribution in [0.3, 0.4) is 0 Å². The van der Waals surface area contributed by atoms with E-state index >= 15 is 0 Å². The maximum atomic E-state index is 13.4. The monoisotopic (exact) mass is 339 g/mol. The van der Waals surface area contributed by atoms with Crippen molar-refractivity contribution in [1.82, 2.24) is 15.3 Å². The van der Waals surface area contributed by atoms with Crippen LogP contribution in [0.2, 0.25) is 0 Å². The van der Waals surface area contributed by atoms with Gasteiger partial charge in [-0.05, 0) is 30.8 Å².